The Balaban J connectivity index is 1.46. The molecule has 0 spiro atoms. The van der Waals surface area contributed by atoms with Crippen LogP contribution in [-0.4, -0.2) is 25.6 Å². The monoisotopic (exact) mass is 453 g/mol. The number of alkyl halides is 3. The summed E-state index contributed by atoms with van der Waals surface area (Å²) in [7, 11) is 0. The van der Waals surface area contributed by atoms with Crippen LogP contribution in [0.15, 0.2) is 24.5 Å². The maximum absolute atomic E-state index is 14.2. The molecule has 1 aromatic carbocycles. The molecule has 0 radical (unpaired) electrons. The Labute approximate surface area is 179 Å². The molecule has 1 amide bonds. The summed E-state index contributed by atoms with van der Waals surface area (Å²) in [5.41, 5.74) is -3.10. The third-order valence-corrected chi connectivity index (χ3v) is 7.18. The minimum atomic E-state index is -4.67. The van der Waals surface area contributed by atoms with E-state index in [2.05, 4.69) is 15.4 Å². The van der Waals surface area contributed by atoms with Crippen molar-refractivity contribution in [2.24, 2.45) is 17.3 Å². The molecule has 6 rings (SSSR count). The number of aromatic nitrogens is 3. The van der Waals surface area contributed by atoms with Crippen LogP contribution < -0.4 is 5.32 Å². The zero-order valence-electron chi connectivity index (χ0n) is 16.7. The van der Waals surface area contributed by atoms with Crippen molar-refractivity contribution in [2.45, 2.75) is 50.2 Å². The number of amides is 1. The molecule has 4 aliphatic rings. The second-order valence-electron chi connectivity index (χ2n) is 9.36. The quantitative estimate of drug-likeness (QED) is 0.423. The van der Waals surface area contributed by atoms with E-state index < -0.39 is 51.0 Å². The Morgan fingerprint density at radius 3 is 2.50 bits per heavy atom. The van der Waals surface area contributed by atoms with Crippen molar-refractivity contribution in [1.29, 1.82) is 0 Å². The number of carbonyl (C=O) groups excluding carboxylic acids is 1. The van der Waals surface area contributed by atoms with Crippen molar-refractivity contribution >= 4 is 17.5 Å². The van der Waals surface area contributed by atoms with E-state index in [9.17, 15) is 32.5 Å². The van der Waals surface area contributed by atoms with Crippen LogP contribution in [0.4, 0.5) is 29.2 Å². The SMILES string of the molecule is O=C(Nc1cc(C(F)(F)F)ccc1F)C12C[C@H]3C[C@@H](C1)CC(n1cnc([N+](=O)[O-])n1)(C3)C2. The first-order valence-corrected chi connectivity index (χ1v) is 10.2. The van der Waals surface area contributed by atoms with Gasteiger partial charge in [-0.25, -0.2) is 4.39 Å². The fourth-order valence-electron chi connectivity index (χ4n) is 6.37. The average molecular weight is 453 g/mol. The molecule has 2 unspecified atom stereocenters. The molecule has 170 valence electrons. The van der Waals surface area contributed by atoms with Crippen LogP contribution in [0.2, 0.25) is 0 Å². The third-order valence-electron chi connectivity index (χ3n) is 7.18. The first-order chi connectivity index (χ1) is 15.0. The van der Waals surface area contributed by atoms with Gasteiger partial charge in [0.05, 0.1) is 22.2 Å². The number of nitrogens with one attached hydrogen (secondary N) is 1. The second kappa shape index (κ2) is 6.72. The number of carbonyl (C=O) groups is 1. The Bertz CT molecular complexity index is 1100. The summed E-state index contributed by atoms with van der Waals surface area (Å²) in [5.74, 6) is -1.67. The topological polar surface area (TPSA) is 103 Å². The minimum absolute atomic E-state index is 0.164. The van der Waals surface area contributed by atoms with Gasteiger partial charge in [0.1, 0.15) is 5.82 Å². The lowest BCUT2D eigenvalue weighted by molar-refractivity contribution is -0.394. The third kappa shape index (κ3) is 3.23. The van der Waals surface area contributed by atoms with Crippen LogP contribution in [0.1, 0.15) is 44.1 Å². The number of hydrogen-bond donors (Lipinski definition) is 1. The number of nitrogens with zero attached hydrogens (tertiary/aromatic N) is 4. The maximum atomic E-state index is 14.2. The lowest BCUT2D eigenvalue weighted by atomic mass is 9.46. The molecule has 8 nitrogen and oxygen atoms in total. The second-order valence-corrected chi connectivity index (χ2v) is 9.36. The van der Waals surface area contributed by atoms with Gasteiger partial charge in [-0.1, -0.05) is 4.98 Å². The molecule has 4 bridgehead atoms. The highest BCUT2D eigenvalue weighted by Gasteiger charge is 2.62. The van der Waals surface area contributed by atoms with Gasteiger partial charge in [-0.05, 0) is 73.5 Å². The molecule has 1 aromatic heterocycles. The van der Waals surface area contributed by atoms with Crippen LogP contribution in [0.5, 0.6) is 0 Å². The van der Waals surface area contributed by atoms with Crippen LogP contribution in [0.3, 0.4) is 0 Å². The molecule has 12 heteroatoms. The summed E-state index contributed by atoms with van der Waals surface area (Å²) in [6, 6.07) is 1.92. The van der Waals surface area contributed by atoms with E-state index in [0.29, 0.717) is 50.3 Å². The number of anilines is 1. The lowest BCUT2D eigenvalue weighted by Crippen LogP contribution is -2.60. The molecule has 4 fully saturated rings. The number of benzene rings is 1. The van der Waals surface area contributed by atoms with E-state index in [0.717, 1.165) is 6.42 Å². The molecular formula is C20H19F4N5O3. The first-order valence-electron chi connectivity index (χ1n) is 10.2. The Kier molecular flexibility index (Phi) is 4.38. The smallest absolute Gasteiger partial charge is 0.390 e. The Hall–Kier alpha value is -3.05. The predicted octanol–water partition coefficient (Wildman–Crippen LogP) is 4.28. The molecule has 32 heavy (non-hydrogen) atoms. The normalized spacial score (nSPS) is 31.0. The van der Waals surface area contributed by atoms with Crippen LogP contribution in [0, 0.1) is 33.2 Å². The van der Waals surface area contributed by atoms with Crippen LogP contribution >= 0.6 is 0 Å². The van der Waals surface area contributed by atoms with Gasteiger partial charge in [0.2, 0.25) is 12.2 Å². The van der Waals surface area contributed by atoms with Crippen LogP contribution in [0.25, 0.3) is 0 Å². The largest absolute Gasteiger partial charge is 0.490 e. The predicted molar refractivity (Wildman–Crippen MR) is 102 cm³/mol. The first kappa shape index (κ1) is 20.8. The molecule has 1 N–H and O–H groups in total. The van der Waals surface area contributed by atoms with E-state index in [1.54, 1.807) is 0 Å². The van der Waals surface area contributed by atoms with Gasteiger partial charge in [-0.15, -0.1) is 0 Å². The fourth-order valence-corrected chi connectivity index (χ4v) is 6.37. The number of halogens is 4. The summed E-state index contributed by atoms with van der Waals surface area (Å²) in [6.45, 7) is 0. The van der Waals surface area contributed by atoms with Crippen molar-refractivity contribution < 1.29 is 27.3 Å². The fraction of sp³-hybridized carbons (Fsp3) is 0.550. The minimum Gasteiger partial charge on any atom is -0.390 e. The summed E-state index contributed by atoms with van der Waals surface area (Å²) in [6.07, 6.45) is 0.325. The van der Waals surface area contributed by atoms with Gasteiger partial charge in [0.25, 0.3) is 0 Å². The van der Waals surface area contributed by atoms with Crippen molar-refractivity contribution in [1.82, 2.24) is 14.8 Å². The lowest BCUT2D eigenvalue weighted by Gasteiger charge is -2.60. The van der Waals surface area contributed by atoms with Crippen molar-refractivity contribution in [3.8, 4) is 0 Å². The Morgan fingerprint density at radius 1 is 1.22 bits per heavy atom. The number of hydrogen-bond acceptors (Lipinski definition) is 5. The van der Waals surface area contributed by atoms with E-state index in [1.165, 1.54) is 11.0 Å². The molecule has 0 aliphatic heterocycles. The highest BCUT2D eigenvalue weighted by molar-refractivity contribution is 5.96. The van der Waals surface area contributed by atoms with Gasteiger partial charge in [-0.3, -0.25) is 4.79 Å². The molecule has 1 heterocycles. The molecule has 0 saturated heterocycles. The summed E-state index contributed by atoms with van der Waals surface area (Å²) in [4.78, 5) is 27.5. The van der Waals surface area contributed by atoms with Crippen LogP contribution in [-0.2, 0) is 16.5 Å². The van der Waals surface area contributed by atoms with Gasteiger partial charge >= 0.3 is 12.1 Å². The zero-order chi connectivity index (χ0) is 22.9. The molecular weight excluding hydrogens is 434 g/mol. The summed E-state index contributed by atoms with van der Waals surface area (Å²) < 4.78 is 54.9. The van der Waals surface area contributed by atoms with Gasteiger partial charge in [0, 0.05) is 5.10 Å². The Morgan fingerprint density at radius 2 is 1.91 bits per heavy atom. The molecule has 4 aliphatic carbocycles. The van der Waals surface area contributed by atoms with Gasteiger partial charge in [-0.2, -0.15) is 17.9 Å². The molecule has 2 aromatic rings. The standard InChI is InChI=1S/C20H19F4N5O3/c21-14-2-1-13(20(22,23)24)4-15(14)26-16(30)18-5-11-3-12(6-18)8-19(7-11,9-18)28-10-25-17(27-28)29(31)32/h1-2,4,10-12H,3,5-9H2,(H,26,30)/t11-,12+,18?,19?. The van der Waals surface area contributed by atoms with Gasteiger partial charge < -0.3 is 15.4 Å². The van der Waals surface area contributed by atoms with Crippen molar-refractivity contribution in [3.05, 3.63) is 46.0 Å². The summed E-state index contributed by atoms with van der Waals surface area (Å²) >= 11 is 0. The van der Waals surface area contributed by atoms with E-state index in [1.807, 2.05) is 0 Å². The maximum Gasteiger partial charge on any atom is 0.490 e. The van der Waals surface area contributed by atoms with Crippen molar-refractivity contribution in [3.63, 3.8) is 0 Å². The van der Waals surface area contributed by atoms with Crippen molar-refractivity contribution in [2.75, 3.05) is 5.32 Å². The van der Waals surface area contributed by atoms with E-state index >= 15 is 0 Å². The summed E-state index contributed by atoms with van der Waals surface area (Å²) in [5, 5.41) is 17.5. The molecule has 4 atom stereocenters. The highest BCUT2D eigenvalue weighted by Crippen LogP contribution is 2.64. The van der Waals surface area contributed by atoms with E-state index in [-0.39, 0.29) is 11.8 Å². The zero-order valence-corrected chi connectivity index (χ0v) is 16.7. The molecule has 4 saturated carbocycles. The van der Waals surface area contributed by atoms with Gasteiger partial charge in [0.15, 0.2) is 0 Å². The average Bonchev–Trinajstić information content (AvgIpc) is 3.19. The number of nitro groups is 1. The number of rotatable bonds is 4. The van der Waals surface area contributed by atoms with E-state index in [4.69, 9.17) is 0 Å². The highest BCUT2D eigenvalue weighted by atomic mass is 19.4.